The van der Waals surface area contributed by atoms with E-state index in [0.29, 0.717) is 23.6 Å². The standard InChI is InChI=1S/C13H20N4O2/c1-9-4-5-16(10(2)6-9)13-8-11(17(18)19)7-12(14-3)15-13/h7-10H,4-6H2,1-3H3,(H,14,15). The van der Waals surface area contributed by atoms with Gasteiger partial charge in [-0.15, -0.1) is 0 Å². The van der Waals surface area contributed by atoms with Crippen molar-refractivity contribution in [1.29, 1.82) is 0 Å². The lowest BCUT2D eigenvalue weighted by atomic mass is 9.93. The number of nitrogens with one attached hydrogen (secondary N) is 1. The summed E-state index contributed by atoms with van der Waals surface area (Å²) < 4.78 is 0. The fourth-order valence-corrected chi connectivity index (χ4v) is 2.63. The Morgan fingerprint density at radius 2 is 2.21 bits per heavy atom. The number of nitro groups is 1. The Morgan fingerprint density at radius 3 is 2.79 bits per heavy atom. The van der Waals surface area contributed by atoms with Gasteiger partial charge < -0.3 is 10.2 Å². The first-order valence-corrected chi connectivity index (χ1v) is 6.62. The first-order chi connectivity index (χ1) is 9.01. The molecule has 19 heavy (non-hydrogen) atoms. The van der Waals surface area contributed by atoms with Crippen LogP contribution in [0.15, 0.2) is 12.1 Å². The van der Waals surface area contributed by atoms with Crippen LogP contribution >= 0.6 is 0 Å². The van der Waals surface area contributed by atoms with Crippen LogP contribution in [0.1, 0.15) is 26.7 Å². The zero-order valence-electron chi connectivity index (χ0n) is 11.6. The summed E-state index contributed by atoms with van der Waals surface area (Å²) in [7, 11) is 1.72. The van der Waals surface area contributed by atoms with E-state index in [0.717, 1.165) is 19.4 Å². The van der Waals surface area contributed by atoms with Crippen molar-refractivity contribution in [3.05, 3.63) is 22.2 Å². The summed E-state index contributed by atoms with van der Waals surface area (Å²) in [6, 6.07) is 3.39. The van der Waals surface area contributed by atoms with Gasteiger partial charge in [0.2, 0.25) is 0 Å². The maximum Gasteiger partial charge on any atom is 0.276 e. The highest BCUT2D eigenvalue weighted by Crippen LogP contribution is 2.30. The maximum atomic E-state index is 11.0. The lowest BCUT2D eigenvalue weighted by Crippen LogP contribution is -2.40. The monoisotopic (exact) mass is 264 g/mol. The molecule has 6 nitrogen and oxygen atoms in total. The first-order valence-electron chi connectivity index (χ1n) is 6.62. The topological polar surface area (TPSA) is 71.3 Å². The van der Waals surface area contributed by atoms with Crippen LogP contribution in [0.2, 0.25) is 0 Å². The molecule has 1 N–H and O–H groups in total. The van der Waals surface area contributed by atoms with E-state index in [4.69, 9.17) is 0 Å². The van der Waals surface area contributed by atoms with Crippen LogP contribution in [0.4, 0.5) is 17.3 Å². The molecule has 0 amide bonds. The third-order valence-electron chi connectivity index (χ3n) is 3.70. The molecule has 1 aromatic heterocycles. The molecule has 1 aliphatic heterocycles. The van der Waals surface area contributed by atoms with Crippen LogP contribution in [0.5, 0.6) is 0 Å². The van der Waals surface area contributed by atoms with Crippen molar-refractivity contribution in [2.75, 3.05) is 23.8 Å². The molecule has 1 fully saturated rings. The van der Waals surface area contributed by atoms with Crippen LogP contribution in [0.3, 0.4) is 0 Å². The molecule has 0 bridgehead atoms. The Hall–Kier alpha value is -1.85. The van der Waals surface area contributed by atoms with Gasteiger partial charge in [0.1, 0.15) is 11.6 Å². The van der Waals surface area contributed by atoms with Gasteiger partial charge >= 0.3 is 0 Å². The van der Waals surface area contributed by atoms with Crippen LogP contribution in [0, 0.1) is 16.0 Å². The lowest BCUT2D eigenvalue weighted by Gasteiger charge is -2.37. The van der Waals surface area contributed by atoms with Gasteiger partial charge in [0.05, 0.1) is 17.1 Å². The van der Waals surface area contributed by atoms with Crippen molar-refractivity contribution in [1.82, 2.24) is 4.98 Å². The average Bonchev–Trinajstić information content (AvgIpc) is 2.38. The summed E-state index contributed by atoms with van der Waals surface area (Å²) in [5, 5.41) is 13.9. The van der Waals surface area contributed by atoms with Crippen LogP contribution in [0.25, 0.3) is 0 Å². The molecule has 1 aliphatic rings. The molecule has 0 spiro atoms. The van der Waals surface area contributed by atoms with Gasteiger partial charge in [-0.2, -0.15) is 0 Å². The predicted octanol–water partition coefficient (Wildman–Crippen LogP) is 2.66. The molecule has 0 aromatic carbocycles. The van der Waals surface area contributed by atoms with Crippen molar-refractivity contribution in [2.24, 2.45) is 5.92 Å². The Bertz CT molecular complexity index is 478. The number of rotatable bonds is 3. The molecule has 2 atom stereocenters. The average molecular weight is 264 g/mol. The molecule has 1 saturated heterocycles. The van der Waals surface area contributed by atoms with Crippen molar-refractivity contribution < 1.29 is 4.92 Å². The summed E-state index contributed by atoms with van der Waals surface area (Å²) in [4.78, 5) is 17.2. The SMILES string of the molecule is CNc1cc([N+](=O)[O-])cc(N2CCC(C)CC2C)n1. The Morgan fingerprint density at radius 1 is 1.47 bits per heavy atom. The van der Waals surface area contributed by atoms with Gasteiger partial charge in [0.15, 0.2) is 0 Å². The zero-order valence-corrected chi connectivity index (χ0v) is 11.6. The van der Waals surface area contributed by atoms with Crippen molar-refractivity contribution in [3.8, 4) is 0 Å². The fraction of sp³-hybridized carbons (Fsp3) is 0.615. The van der Waals surface area contributed by atoms with Crippen LogP contribution < -0.4 is 10.2 Å². The Kier molecular flexibility index (Phi) is 3.87. The fourth-order valence-electron chi connectivity index (χ4n) is 2.63. The second kappa shape index (κ2) is 5.42. The van der Waals surface area contributed by atoms with Gasteiger partial charge in [0.25, 0.3) is 5.69 Å². The van der Waals surface area contributed by atoms with Crippen molar-refractivity contribution in [2.45, 2.75) is 32.7 Å². The van der Waals surface area contributed by atoms with Crippen molar-refractivity contribution in [3.63, 3.8) is 0 Å². The number of hydrogen-bond acceptors (Lipinski definition) is 5. The van der Waals surface area contributed by atoms with Gasteiger partial charge in [0, 0.05) is 19.6 Å². The molecular weight excluding hydrogens is 244 g/mol. The quantitative estimate of drug-likeness (QED) is 0.671. The number of aromatic nitrogens is 1. The Labute approximate surface area is 113 Å². The van der Waals surface area contributed by atoms with E-state index < -0.39 is 0 Å². The molecule has 0 radical (unpaired) electrons. The zero-order chi connectivity index (χ0) is 14.0. The molecule has 0 saturated carbocycles. The number of nitrogens with zero attached hydrogens (tertiary/aromatic N) is 3. The minimum atomic E-state index is -0.372. The minimum absolute atomic E-state index is 0.0835. The number of piperidine rings is 1. The van der Waals surface area contributed by atoms with Crippen LogP contribution in [-0.4, -0.2) is 29.5 Å². The lowest BCUT2D eigenvalue weighted by molar-refractivity contribution is -0.384. The summed E-state index contributed by atoms with van der Waals surface area (Å²) >= 11 is 0. The Balaban J connectivity index is 2.33. The smallest absolute Gasteiger partial charge is 0.276 e. The number of anilines is 2. The molecule has 104 valence electrons. The normalized spacial score (nSPS) is 23.2. The van der Waals surface area contributed by atoms with E-state index >= 15 is 0 Å². The molecule has 1 aromatic rings. The van der Waals surface area contributed by atoms with E-state index in [-0.39, 0.29) is 10.6 Å². The van der Waals surface area contributed by atoms with Gasteiger partial charge in [-0.3, -0.25) is 10.1 Å². The largest absolute Gasteiger partial charge is 0.373 e. The predicted molar refractivity (Wildman–Crippen MR) is 75.6 cm³/mol. The minimum Gasteiger partial charge on any atom is -0.373 e. The molecule has 0 aliphatic carbocycles. The molecule has 2 rings (SSSR count). The van der Waals surface area contributed by atoms with Gasteiger partial charge in [-0.1, -0.05) is 6.92 Å². The van der Waals surface area contributed by atoms with E-state index in [2.05, 4.69) is 29.0 Å². The second-order valence-corrected chi connectivity index (χ2v) is 5.25. The number of hydrogen-bond donors (Lipinski definition) is 1. The summed E-state index contributed by atoms with van der Waals surface area (Å²) in [5.41, 5.74) is 0.0835. The highest BCUT2D eigenvalue weighted by atomic mass is 16.6. The summed E-state index contributed by atoms with van der Waals surface area (Å²) in [6.45, 7) is 5.29. The highest BCUT2D eigenvalue weighted by Gasteiger charge is 2.25. The van der Waals surface area contributed by atoms with E-state index in [1.165, 1.54) is 6.07 Å². The molecule has 2 heterocycles. The van der Waals surface area contributed by atoms with E-state index in [1.807, 2.05) is 0 Å². The van der Waals surface area contributed by atoms with Crippen molar-refractivity contribution >= 4 is 17.3 Å². The van der Waals surface area contributed by atoms with E-state index in [1.54, 1.807) is 13.1 Å². The number of pyridine rings is 1. The highest BCUT2D eigenvalue weighted by molar-refractivity contribution is 5.56. The van der Waals surface area contributed by atoms with E-state index in [9.17, 15) is 10.1 Å². The van der Waals surface area contributed by atoms with Crippen LogP contribution in [-0.2, 0) is 0 Å². The third kappa shape index (κ3) is 2.94. The molecular formula is C13H20N4O2. The summed E-state index contributed by atoms with van der Waals surface area (Å²) in [5.74, 6) is 1.93. The first kappa shape index (κ1) is 13.6. The second-order valence-electron chi connectivity index (χ2n) is 5.25. The summed E-state index contributed by atoms with van der Waals surface area (Å²) in [6.07, 6.45) is 2.20. The molecule has 2 unspecified atom stereocenters. The third-order valence-corrected chi connectivity index (χ3v) is 3.70. The maximum absolute atomic E-state index is 11.0. The van der Waals surface area contributed by atoms with Gasteiger partial charge in [-0.25, -0.2) is 4.98 Å². The van der Waals surface area contributed by atoms with Gasteiger partial charge in [-0.05, 0) is 25.7 Å². The molecule has 6 heteroatoms.